The zero-order chi connectivity index (χ0) is 40.7. The van der Waals surface area contributed by atoms with Gasteiger partial charge in [0.15, 0.2) is 23.1 Å². The smallest absolute Gasteiger partial charge is 0.165 e. The van der Waals surface area contributed by atoms with Crippen LogP contribution in [-0.2, 0) is 6.61 Å². The molecule has 6 heteroatoms. The number of aromatic hydroxyl groups is 1. The molecule has 2 aliphatic carbocycles. The average Bonchev–Trinajstić information content (AvgIpc) is 3.94. The lowest BCUT2D eigenvalue weighted by Gasteiger charge is -2.21. The molecule has 9 rings (SSSR count). The first kappa shape index (κ1) is 40.2. The molecule has 302 valence electrons. The van der Waals surface area contributed by atoms with Gasteiger partial charge in [0.25, 0.3) is 0 Å². The highest BCUT2D eigenvalue weighted by Gasteiger charge is 2.29. The molecule has 0 aliphatic heterocycles. The minimum Gasteiger partial charge on any atom is -0.505 e. The summed E-state index contributed by atoms with van der Waals surface area (Å²) in [6.45, 7) is 4.83. The van der Waals surface area contributed by atoms with Crippen molar-refractivity contribution in [3.63, 3.8) is 0 Å². The van der Waals surface area contributed by atoms with Crippen LogP contribution in [0.15, 0.2) is 152 Å². The second-order valence-electron chi connectivity index (χ2n) is 16.5. The van der Waals surface area contributed by atoms with Gasteiger partial charge in [-0.2, -0.15) is 0 Å². The van der Waals surface area contributed by atoms with E-state index < -0.39 is 5.82 Å². The summed E-state index contributed by atoms with van der Waals surface area (Å²) < 4.78 is 34.1. The van der Waals surface area contributed by atoms with Crippen LogP contribution in [0.4, 0.5) is 8.78 Å². The summed E-state index contributed by atoms with van der Waals surface area (Å²) in [6, 6.07) is 51.5. The highest BCUT2D eigenvalue weighted by atomic mass is 19.1. The minimum absolute atomic E-state index is 0.265. The maximum atomic E-state index is 14.7. The number of ether oxygens (including phenoxy) is 1. The molecular weight excluding hydrogens is 735 g/mol. The van der Waals surface area contributed by atoms with E-state index in [9.17, 15) is 13.9 Å². The number of nitrogens with one attached hydrogen (secondary N) is 2. The fraction of sp³-hybridized carbons (Fsp3) is 0.283. The van der Waals surface area contributed by atoms with E-state index in [2.05, 4.69) is 109 Å². The second-order valence-corrected chi connectivity index (χ2v) is 16.5. The number of fused-ring (bicyclic) bond motifs is 2. The lowest BCUT2D eigenvalue weighted by atomic mass is 9.96. The highest BCUT2D eigenvalue weighted by molar-refractivity contribution is 5.86. The Morgan fingerprint density at radius 1 is 0.559 bits per heavy atom. The zero-order valence-electron chi connectivity index (χ0n) is 34.0. The Bertz CT molecular complexity index is 2480. The molecule has 0 heterocycles. The molecule has 3 N–H and O–H groups in total. The van der Waals surface area contributed by atoms with Crippen molar-refractivity contribution in [1.82, 2.24) is 10.6 Å². The van der Waals surface area contributed by atoms with Gasteiger partial charge in [-0.25, -0.2) is 8.78 Å². The fourth-order valence-electron chi connectivity index (χ4n) is 9.41. The van der Waals surface area contributed by atoms with Crippen LogP contribution in [0.3, 0.4) is 0 Å². The van der Waals surface area contributed by atoms with Crippen LogP contribution in [-0.4, -0.2) is 17.2 Å². The number of phenols is 1. The SMILES string of the molecule is C[C@@H](N[C@H]1CC[C@@H](c2ccc(O)c(F)c2)C1)c1cccc2ccccc12.C[C@@H](N[C@H]1CC[C@@H](c2ccc(OCc3ccccc3)c(F)c2)C1)c1cccc2ccccc12. The molecule has 0 unspecified atom stereocenters. The van der Waals surface area contributed by atoms with Crippen LogP contribution < -0.4 is 15.4 Å². The lowest BCUT2D eigenvalue weighted by Crippen LogP contribution is -2.29. The molecule has 0 bridgehead atoms. The monoisotopic (exact) mass is 788 g/mol. The van der Waals surface area contributed by atoms with Crippen molar-refractivity contribution in [2.45, 2.75) is 95.0 Å². The molecule has 0 aromatic heterocycles. The van der Waals surface area contributed by atoms with Crippen molar-refractivity contribution < 1.29 is 18.6 Å². The summed E-state index contributed by atoms with van der Waals surface area (Å²) >= 11 is 0. The zero-order valence-corrected chi connectivity index (χ0v) is 34.0. The minimum atomic E-state index is -0.525. The van der Waals surface area contributed by atoms with E-state index >= 15 is 0 Å². The summed E-state index contributed by atoms with van der Waals surface area (Å²) in [5, 5.41) is 22.1. The predicted molar refractivity (Wildman–Crippen MR) is 237 cm³/mol. The van der Waals surface area contributed by atoms with Gasteiger partial charge in [0.05, 0.1) is 0 Å². The van der Waals surface area contributed by atoms with E-state index in [1.54, 1.807) is 12.1 Å². The summed E-state index contributed by atoms with van der Waals surface area (Å²) in [5.41, 5.74) is 5.75. The van der Waals surface area contributed by atoms with Crippen molar-refractivity contribution in [3.8, 4) is 11.5 Å². The third kappa shape index (κ3) is 9.67. The Hall–Kier alpha value is -5.56. The molecular formula is C53H54F2N2O2. The molecule has 0 radical (unpaired) electrons. The first-order valence-corrected chi connectivity index (χ1v) is 21.2. The second kappa shape index (κ2) is 18.6. The molecule has 2 fully saturated rings. The number of hydrogen-bond donors (Lipinski definition) is 3. The number of rotatable bonds is 11. The Morgan fingerprint density at radius 3 is 1.59 bits per heavy atom. The quantitative estimate of drug-likeness (QED) is 0.122. The summed E-state index contributed by atoms with van der Waals surface area (Å²) in [7, 11) is 0. The van der Waals surface area contributed by atoms with Crippen molar-refractivity contribution in [2.24, 2.45) is 0 Å². The van der Waals surface area contributed by atoms with E-state index in [1.807, 2.05) is 42.5 Å². The number of phenolic OH excluding ortho intramolecular Hbond substituents is 1. The average molecular weight is 789 g/mol. The van der Waals surface area contributed by atoms with Crippen LogP contribution in [0.2, 0.25) is 0 Å². The summed E-state index contributed by atoms with van der Waals surface area (Å²) in [4.78, 5) is 0. The number of benzene rings is 7. The van der Waals surface area contributed by atoms with Crippen molar-refractivity contribution in [2.75, 3.05) is 0 Å². The van der Waals surface area contributed by atoms with Crippen LogP contribution >= 0.6 is 0 Å². The van der Waals surface area contributed by atoms with E-state index in [0.29, 0.717) is 36.3 Å². The van der Waals surface area contributed by atoms with Crippen molar-refractivity contribution >= 4 is 21.5 Å². The van der Waals surface area contributed by atoms with Gasteiger partial charge in [0.1, 0.15) is 6.61 Å². The Morgan fingerprint density at radius 2 is 1.05 bits per heavy atom. The Balaban J connectivity index is 0.000000169. The van der Waals surface area contributed by atoms with Crippen LogP contribution in [0, 0.1) is 11.6 Å². The van der Waals surface area contributed by atoms with Gasteiger partial charge >= 0.3 is 0 Å². The molecule has 2 saturated carbocycles. The Kier molecular flexibility index (Phi) is 12.7. The third-order valence-electron chi connectivity index (χ3n) is 12.5. The highest BCUT2D eigenvalue weighted by Crippen LogP contribution is 2.39. The normalized spacial score (nSPS) is 19.9. The molecule has 7 aromatic carbocycles. The van der Waals surface area contributed by atoms with Crippen LogP contribution in [0.1, 0.15) is 104 Å². The van der Waals surface area contributed by atoms with Gasteiger partial charge in [-0.3, -0.25) is 0 Å². The van der Waals surface area contributed by atoms with Gasteiger partial charge in [-0.05, 0) is 138 Å². The lowest BCUT2D eigenvalue weighted by molar-refractivity contribution is 0.290. The maximum absolute atomic E-state index is 14.7. The first-order valence-electron chi connectivity index (χ1n) is 21.2. The van der Waals surface area contributed by atoms with E-state index in [4.69, 9.17) is 4.74 Å². The first-order chi connectivity index (χ1) is 28.8. The molecule has 0 saturated heterocycles. The van der Waals surface area contributed by atoms with Crippen LogP contribution in [0.5, 0.6) is 11.5 Å². The summed E-state index contributed by atoms with van der Waals surface area (Å²) in [5.74, 6) is -0.0277. The molecule has 6 atom stereocenters. The van der Waals surface area contributed by atoms with Gasteiger partial charge in [-0.1, -0.05) is 127 Å². The van der Waals surface area contributed by atoms with Crippen molar-refractivity contribution in [1.29, 1.82) is 0 Å². The number of hydrogen-bond acceptors (Lipinski definition) is 4. The molecule has 0 amide bonds. The molecule has 4 nitrogen and oxygen atoms in total. The summed E-state index contributed by atoms with van der Waals surface area (Å²) in [6.07, 6.45) is 6.34. The van der Waals surface area contributed by atoms with Gasteiger partial charge < -0.3 is 20.5 Å². The molecule has 0 spiro atoms. The topological polar surface area (TPSA) is 53.5 Å². The van der Waals surface area contributed by atoms with E-state index in [0.717, 1.165) is 55.2 Å². The van der Waals surface area contributed by atoms with Gasteiger partial charge in [0, 0.05) is 24.2 Å². The standard InChI is InChI=1S/C30H30FNO.C23H24FNO/c1-21(27-13-7-11-23-10-5-6-12-28(23)27)32-26-16-14-24(18-26)25-15-17-30(29(31)19-25)33-20-22-8-3-2-4-9-22;1-15(20-8-4-6-16-5-2-3-7-21(16)20)25-19-11-9-17(13-19)18-10-12-23(26)22(24)14-18/h2-13,15,17,19,21,24,26,32H,14,16,18,20H2,1H3;2-8,10,12,14-15,17,19,25-26H,9,11,13H2,1H3/t21-,24-,26+;15-,17-,19+/m11/s1. The maximum Gasteiger partial charge on any atom is 0.165 e. The largest absolute Gasteiger partial charge is 0.505 e. The van der Waals surface area contributed by atoms with E-state index in [-0.39, 0.29) is 23.7 Å². The van der Waals surface area contributed by atoms with E-state index in [1.165, 1.54) is 44.8 Å². The molecule has 2 aliphatic rings. The Labute approximate surface area is 347 Å². The number of halogens is 2. The van der Waals surface area contributed by atoms with Gasteiger partial charge in [0.2, 0.25) is 0 Å². The van der Waals surface area contributed by atoms with Gasteiger partial charge in [-0.15, -0.1) is 0 Å². The predicted octanol–water partition coefficient (Wildman–Crippen LogP) is 13.2. The molecule has 7 aromatic rings. The third-order valence-corrected chi connectivity index (χ3v) is 12.5. The fourth-order valence-corrected chi connectivity index (χ4v) is 9.41. The van der Waals surface area contributed by atoms with Crippen molar-refractivity contribution in [3.05, 3.63) is 191 Å². The molecule has 59 heavy (non-hydrogen) atoms. The van der Waals surface area contributed by atoms with Crippen LogP contribution in [0.25, 0.3) is 21.5 Å².